The summed E-state index contributed by atoms with van der Waals surface area (Å²) in [4.78, 5) is 25.4. The van der Waals surface area contributed by atoms with Crippen molar-refractivity contribution in [2.45, 2.75) is 19.9 Å². The van der Waals surface area contributed by atoms with Crippen molar-refractivity contribution in [3.63, 3.8) is 0 Å². The molecular weight excluding hydrogens is 370 g/mol. The first-order chi connectivity index (χ1) is 11.5. The van der Waals surface area contributed by atoms with Crippen LogP contribution < -0.4 is 10.7 Å². The molecule has 1 aliphatic rings. The third-order valence-electron chi connectivity index (χ3n) is 4.35. The Kier molecular flexibility index (Phi) is 3.35. The first-order valence-electron chi connectivity index (χ1n) is 7.60. The molecule has 0 radical (unpaired) electrons. The van der Waals surface area contributed by atoms with Gasteiger partial charge in [-0.1, -0.05) is 34.1 Å². The molecule has 0 saturated heterocycles. The average Bonchev–Trinajstić information content (AvgIpc) is 2.85. The van der Waals surface area contributed by atoms with E-state index >= 15 is 0 Å². The second-order valence-electron chi connectivity index (χ2n) is 6.09. The second-order valence-corrected chi connectivity index (χ2v) is 7.00. The van der Waals surface area contributed by atoms with Gasteiger partial charge in [-0.05, 0) is 48.7 Å². The topological polar surface area (TPSA) is 59.3 Å². The van der Waals surface area contributed by atoms with E-state index in [4.69, 9.17) is 4.42 Å². The van der Waals surface area contributed by atoms with E-state index < -0.39 is 6.04 Å². The minimum Gasteiger partial charge on any atom is -0.450 e. The molecule has 0 fully saturated rings. The van der Waals surface area contributed by atoms with Crippen LogP contribution in [-0.4, -0.2) is 5.91 Å². The van der Waals surface area contributed by atoms with Gasteiger partial charge < -0.3 is 9.73 Å². The van der Waals surface area contributed by atoms with Gasteiger partial charge in [-0.25, -0.2) is 0 Å². The van der Waals surface area contributed by atoms with Crippen molar-refractivity contribution in [2.24, 2.45) is 0 Å². The Morgan fingerprint density at radius 3 is 2.50 bits per heavy atom. The lowest BCUT2D eigenvalue weighted by Gasteiger charge is -2.12. The molecule has 120 valence electrons. The van der Waals surface area contributed by atoms with Gasteiger partial charge in [0, 0.05) is 4.47 Å². The Morgan fingerprint density at radius 2 is 1.79 bits per heavy atom. The average molecular weight is 384 g/mol. The molecule has 1 aromatic heterocycles. The molecule has 1 unspecified atom stereocenters. The lowest BCUT2D eigenvalue weighted by atomic mass is 9.97. The highest BCUT2D eigenvalue weighted by molar-refractivity contribution is 9.10. The Bertz CT molecular complexity index is 1050. The highest BCUT2D eigenvalue weighted by atomic mass is 79.9. The lowest BCUT2D eigenvalue weighted by Crippen LogP contribution is -2.22. The number of rotatable bonds is 1. The van der Waals surface area contributed by atoms with E-state index in [1.165, 1.54) is 0 Å². The summed E-state index contributed by atoms with van der Waals surface area (Å²) in [5.74, 6) is -0.235. The largest absolute Gasteiger partial charge is 0.450 e. The van der Waals surface area contributed by atoms with E-state index in [0.29, 0.717) is 16.5 Å². The maximum Gasteiger partial charge on any atom is 0.288 e. The molecule has 0 saturated carbocycles. The molecule has 1 aliphatic heterocycles. The van der Waals surface area contributed by atoms with E-state index in [9.17, 15) is 9.59 Å². The summed E-state index contributed by atoms with van der Waals surface area (Å²) in [6, 6.07) is 10.8. The molecule has 0 aliphatic carbocycles. The van der Waals surface area contributed by atoms with Crippen molar-refractivity contribution in [1.82, 2.24) is 5.32 Å². The van der Waals surface area contributed by atoms with Crippen LogP contribution in [0, 0.1) is 13.8 Å². The molecule has 1 N–H and O–H groups in total. The molecule has 3 aromatic rings. The number of fused-ring (bicyclic) bond motifs is 2. The molecule has 2 heterocycles. The number of carbonyl (C=O) groups is 1. The summed E-state index contributed by atoms with van der Waals surface area (Å²) >= 11 is 3.39. The Hall–Kier alpha value is -2.40. The standard InChI is InChI=1S/C19H14BrNO3/c1-9-7-10(2)14-13(8-9)24-18-15(17(14)22)16(21-19(18)23)11-3-5-12(20)6-4-11/h3-8,16H,1-2H3,(H,21,23). The SMILES string of the molecule is Cc1cc(C)c2c(=O)c3c(oc2c1)C(=O)NC3c1ccc(Br)cc1. The zero-order valence-corrected chi connectivity index (χ0v) is 14.7. The molecule has 0 spiro atoms. The van der Waals surface area contributed by atoms with E-state index in [-0.39, 0.29) is 17.1 Å². The lowest BCUT2D eigenvalue weighted by molar-refractivity contribution is 0.0938. The molecule has 2 aromatic carbocycles. The van der Waals surface area contributed by atoms with Gasteiger partial charge in [0.2, 0.25) is 5.76 Å². The summed E-state index contributed by atoms with van der Waals surface area (Å²) in [5, 5.41) is 3.40. The predicted molar refractivity (Wildman–Crippen MR) is 95.4 cm³/mol. The first-order valence-corrected chi connectivity index (χ1v) is 8.39. The zero-order chi connectivity index (χ0) is 17.0. The van der Waals surface area contributed by atoms with E-state index in [0.717, 1.165) is 21.2 Å². The Balaban J connectivity index is 2.02. The van der Waals surface area contributed by atoms with Crippen LogP contribution in [0.5, 0.6) is 0 Å². The molecule has 1 atom stereocenters. The van der Waals surface area contributed by atoms with Crippen LogP contribution in [0.2, 0.25) is 0 Å². The van der Waals surface area contributed by atoms with Crippen molar-refractivity contribution in [1.29, 1.82) is 0 Å². The van der Waals surface area contributed by atoms with Gasteiger partial charge >= 0.3 is 0 Å². The molecule has 4 rings (SSSR count). The van der Waals surface area contributed by atoms with Crippen molar-refractivity contribution in [3.05, 3.63) is 79.1 Å². The van der Waals surface area contributed by atoms with Crippen LogP contribution in [0.4, 0.5) is 0 Å². The Labute approximate surface area is 146 Å². The highest BCUT2D eigenvalue weighted by Gasteiger charge is 2.36. The van der Waals surface area contributed by atoms with Crippen LogP contribution in [0.15, 0.2) is 50.1 Å². The Morgan fingerprint density at radius 1 is 1.08 bits per heavy atom. The van der Waals surface area contributed by atoms with Gasteiger partial charge in [0.25, 0.3) is 5.91 Å². The van der Waals surface area contributed by atoms with Gasteiger partial charge in [0.15, 0.2) is 5.43 Å². The number of carbonyl (C=O) groups excluding carboxylic acids is 1. The fourth-order valence-corrected chi connectivity index (χ4v) is 3.57. The zero-order valence-electron chi connectivity index (χ0n) is 13.1. The number of hydrogen-bond acceptors (Lipinski definition) is 3. The van der Waals surface area contributed by atoms with Crippen molar-refractivity contribution >= 4 is 32.8 Å². The summed E-state index contributed by atoms with van der Waals surface area (Å²) in [6.07, 6.45) is 0. The third kappa shape index (κ3) is 2.19. The van der Waals surface area contributed by atoms with Crippen LogP contribution in [0.1, 0.15) is 38.9 Å². The number of aryl methyl sites for hydroxylation is 2. The van der Waals surface area contributed by atoms with E-state index in [1.807, 2.05) is 44.2 Å². The maximum atomic E-state index is 13.1. The van der Waals surface area contributed by atoms with Crippen LogP contribution >= 0.6 is 15.9 Å². The number of hydrogen-bond donors (Lipinski definition) is 1. The van der Waals surface area contributed by atoms with Crippen LogP contribution in [0.25, 0.3) is 11.0 Å². The summed E-state index contributed by atoms with van der Waals surface area (Å²) < 4.78 is 6.75. The summed E-state index contributed by atoms with van der Waals surface area (Å²) in [6.45, 7) is 3.82. The third-order valence-corrected chi connectivity index (χ3v) is 4.87. The quantitative estimate of drug-likeness (QED) is 0.690. The second kappa shape index (κ2) is 5.31. The van der Waals surface area contributed by atoms with Gasteiger partial charge in [0.05, 0.1) is 17.0 Å². The van der Waals surface area contributed by atoms with Crippen molar-refractivity contribution in [3.8, 4) is 0 Å². The van der Waals surface area contributed by atoms with Crippen molar-refractivity contribution < 1.29 is 9.21 Å². The smallest absolute Gasteiger partial charge is 0.288 e. The van der Waals surface area contributed by atoms with Gasteiger partial charge in [-0.3, -0.25) is 9.59 Å². The minimum absolute atomic E-state index is 0.116. The molecular formula is C19H14BrNO3. The minimum atomic E-state index is -0.484. The number of amides is 1. The molecule has 24 heavy (non-hydrogen) atoms. The fraction of sp³-hybridized carbons (Fsp3) is 0.158. The van der Waals surface area contributed by atoms with Crippen molar-refractivity contribution in [2.75, 3.05) is 0 Å². The summed E-state index contributed by atoms with van der Waals surface area (Å²) in [7, 11) is 0. The number of nitrogens with one attached hydrogen (secondary N) is 1. The van der Waals surface area contributed by atoms with Gasteiger partial charge in [0.1, 0.15) is 5.58 Å². The van der Waals surface area contributed by atoms with E-state index in [1.54, 1.807) is 6.07 Å². The fourth-order valence-electron chi connectivity index (χ4n) is 3.31. The van der Waals surface area contributed by atoms with E-state index in [2.05, 4.69) is 21.2 Å². The predicted octanol–water partition coefficient (Wildman–Crippen LogP) is 4.01. The molecule has 1 amide bonds. The number of halogens is 1. The monoisotopic (exact) mass is 383 g/mol. The summed E-state index contributed by atoms with van der Waals surface area (Å²) in [5.41, 5.74) is 3.41. The maximum absolute atomic E-state index is 13.1. The molecule has 0 bridgehead atoms. The normalized spacial score (nSPS) is 16.3. The molecule has 4 nitrogen and oxygen atoms in total. The molecule has 5 heteroatoms. The first kappa shape index (κ1) is 15.1. The highest BCUT2D eigenvalue weighted by Crippen LogP contribution is 2.32. The van der Waals surface area contributed by atoms with Gasteiger partial charge in [-0.15, -0.1) is 0 Å². The number of benzene rings is 2. The van der Waals surface area contributed by atoms with Gasteiger partial charge in [-0.2, -0.15) is 0 Å². The van der Waals surface area contributed by atoms with Crippen LogP contribution in [0.3, 0.4) is 0 Å². The van der Waals surface area contributed by atoms with Crippen LogP contribution in [-0.2, 0) is 0 Å².